The van der Waals surface area contributed by atoms with Crippen LogP contribution < -0.4 is 16.0 Å². The molecule has 0 fully saturated rings. The number of pyridine rings is 1. The van der Waals surface area contributed by atoms with Gasteiger partial charge in [0.05, 0.1) is 17.9 Å². The number of hydrogen-bond donors (Lipinski definition) is 3. The van der Waals surface area contributed by atoms with Crippen LogP contribution in [0.25, 0.3) is 0 Å². The van der Waals surface area contributed by atoms with Crippen LogP contribution in [0.5, 0.6) is 0 Å². The lowest BCUT2D eigenvalue weighted by Gasteiger charge is -2.16. The summed E-state index contributed by atoms with van der Waals surface area (Å²) in [5.74, 6) is -0.624. The Bertz CT molecular complexity index is 828. The van der Waals surface area contributed by atoms with Crippen molar-refractivity contribution in [1.82, 2.24) is 15.6 Å². The Balaban J connectivity index is 1.66. The van der Waals surface area contributed by atoms with Crippen LogP contribution in [0.15, 0.2) is 34.9 Å². The number of fused-ring (bicyclic) bond motifs is 1. The maximum atomic E-state index is 13.9. The summed E-state index contributed by atoms with van der Waals surface area (Å²) in [7, 11) is 0. The molecule has 0 aliphatic carbocycles. The number of halogens is 2. The number of rotatable bonds is 3. The van der Waals surface area contributed by atoms with Crippen molar-refractivity contribution in [2.45, 2.75) is 19.5 Å². The second kappa shape index (κ2) is 6.56. The molecular formula is C16H14BrFN4O2. The number of carbonyl (C=O) groups is 2. The molecule has 124 valence electrons. The Morgan fingerprint density at radius 3 is 2.96 bits per heavy atom. The van der Waals surface area contributed by atoms with E-state index >= 15 is 0 Å². The SMILES string of the molecule is CC(NC(=O)Nc1cnc2c(c1)CNC2=O)c1ccc(Br)cc1F. The van der Waals surface area contributed by atoms with Gasteiger partial charge in [-0.25, -0.2) is 14.2 Å². The number of amides is 3. The highest BCUT2D eigenvalue weighted by atomic mass is 79.9. The van der Waals surface area contributed by atoms with Crippen molar-refractivity contribution >= 4 is 33.6 Å². The minimum Gasteiger partial charge on any atom is -0.347 e. The van der Waals surface area contributed by atoms with Gasteiger partial charge in [0.25, 0.3) is 5.91 Å². The first kappa shape index (κ1) is 16.4. The third kappa shape index (κ3) is 3.38. The fourth-order valence-electron chi connectivity index (χ4n) is 2.47. The Hall–Kier alpha value is -2.48. The van der Waals surface area contributed by atoms with E-state index in [4.69, 9.17) is 0 Å². The molecule has 1 aliphatic heterocycles. The smallest absolute Gasteiger partial charge is 0.319 e. The number of aromatic nitrogens is 1. The van der Waals surface area contributed by atoms with Gasteiger partial charge in [-0.05, 0) is 25.1 Å². The molecule has 0 saturated carbocycles. The zero-order valence-corrected chi connectivity index (χ0v) is 14.3. The minimum atomic E-state index is -0.510. The predicted molar refractivity (Wildman–Crippen MR) is 90.1 cm³/mol. The van der Waals surface area contributed by atoms with Crippen LogP contribution >= 0.6 is 15.9 Å². The van der Waals surface area contributed by atoms with E-state index in [1.54, 1.807) is 25.1 Å². The van der Waals surface area contributed by atoms with E-state index in [0.29, 0.717) is 28.0 Å². The number of urea groups is 1. The fourth-order valence-corrected chi connectivity index (χ4v) is 2.80. The molecule has 24 heavy (non-hydrogen) atoms. The summed E-state index contributed by atoms with van der Waals surface area (Å²) in [5.41, 5.74) is 1.94. The highest BCUT2D eigenvalue weighted by Crippen LogP contribution is 2.21. The monoisotopic (exact) mass is 392 g/mol. The molecule has 3 amide bonds. The fraction of sp³-hybridized carbons (Fsp3) is 0.188. The van der Waals surface area contributed by atoms with Crippen molar-refractivity contribution in [3.8, 4) is 0 Å². The second-order valence-corrected chi connectivity index (χ2v) is 6.32. The number of benzene rings is 1. The molecule has 1 unspecified atom stereocenters. The molecule has 8 heteroatoms. The summed E-state index contributed by atoms with van der Waals surface area (Å²) in [6, 6.07) is 5.36. The summed E-state index contributed by atoms with van der Waals surface area (Å²) in [6.45, 7) is 2.08. The highest BCUT2D eigenvalue weighted by molar-refractivity contribution is 9.10. The largest absolute Gasteiger partial charge is 0.347 e. The van der Waals surface area contributed by atoms with E-state index < -0.39 is 17.9 Å². The standard InChI is InChI=1S/C16H14BrFN4O2/c1-8(12-3-2-10(17)5-13(12)18)21-16(24)22-11-4-9-6-20-15(23)14(9)19-7-11/h2-5,7-8H,6H2,1H3,(H,20,23)(H2,21,22,24). The van der Waals surface area contributed by atoms with Gasteiger partial charge in [0.15, 0.2) is 0 Å². The van der Waals surface area contributed by atoms with E-state index in [0.717, 1.165) is 5.56 Å². The topological polar surface area (TPSA) is 83.1 Å². The van der Waals surface area contributed by atoms with Crippen molar-refractivity contribution in [3.63, 3.8) is 0 Å². The average Bonchev–Trinajstić information content (AvgIpc) is 2.87. The lowest BCUT2D eigenvalue weighted by Crippen LogP contribution is -2.31. The van der Waals surface area contributed by atoms with Gasteiger partial charge < -0.3 is 16.0 Å². The molecule has 3 rings (SSSR count). The molecule has 0 radical (unpaired) electrons. The van der Waals surface area contributed by atoms with E-state index in [1.165, 1.54) is 12.3 Å². The predicted octanol–water partition coefficient (Wildman–Crippen LogP) is 3.11. The van der Waals surface area contributed by atoms with Gasteiger partial charge in [0.1, 0.15) is 11.5 Å². The Morgan fingerprint density at radius 2 is 2.21 bits per heavy atom. The third-order valence-electron chi connectivity index (χ3n) is 3.66. The normalized spacial score (nSPS) is 13.9. The summed E-state index contributed by atoms with van der Waals surface area (Å²) >= 11 is 3.19. The first-order valence-corrected chi connectivity index (χ1v) is 8.03. The number of carbonyl (C=O) groups excluding carboxylic acids is 2. The molecule has 1 aromatic heterocycles. The van der Waals surface area contributed by atoms with Crippen molar-refractivity contribution in [1.29, 1.82) is 0 Å². The first-order valence-electron chi connectivity index (χ1n) is 7.23. The van der Waals surface area contributed by atoms with Gasteiger partial charge in [0, 0.05) is 22.1 Å². The van der Waals surface area contributed by atoms with E-state index in [1.807, 2.05) is 0 Å². The van der Waals surface area contributed by atoms with Crippen LogP contribution in [-0.2, 0) is 6.54 Å². The maximum Gasteiger partial charge on any atom is 0.319 e. The molecule has 1 aromatic carbocycles. The van der Waals surface area contributed by atoms with Gasteiger partial charge in [-0.3, -0.25) is 4.79 Å². The number of anilines is 1. The molecule has 3 N–H and O–H groups in total. The summed E-state index contributed by atoms with van der Waals surface area (Å²) in [5, 5.41) is 7.96. The molecule has 1 aliphatic rings. The van der Waals surface area contributed by atoms with Gasteiger partial charge in [0.2, 0.25) is 0 Å². The Kier molecular flexibility index (Phi) is 4.48. The van der Waals surface area contributed by atoms with Crippen molar-refractivity contribution < 1.29 is 14.0 Å². The zero-order valence-electron chi connectivity index (χ0n) is 12.7. The molecule has 0 spiro atoms. The summed E-state index contributed by atoms with van der Waals surface area (Å²) in [4.78, 5) is 27.6. The lowest BCUT2D eigenvalue weighted by atomic mass is 10.1. The van der Waals surface area contributed by atoms with Crippen molar-refractivity contribution in [3.05, 3.63) is 57.6 Å². The molecule has 2 aromatic rings. The molecule has 0 bridgehead atoms. The van der Waals surface area contributed by atoms with E-state index in [9.17, 15) is 14.0 Å². The highest BCUT2D eigenvalue weighted by Gasteiger charge is 2.21. The third-order valence-corrected chi connectivity index (χ3v) is 4.15. The van der Waals surface area contributed by atoms with Gasteiger partial charge in [-0.2, -0.15) is 0 Å². The Labute approximate surface area is 146 Å². The van der Waals surface area contributed by atoms with Crippen molar-refractivity contribution in [2.75, 3.05) is 5.32 Å². The lowest BCUT2D eigenvalue weighted by molar-refractivity contribution is 0.0961. The van der Waals surface area contributed by atoms with Gasteiger partial charge in [-0.1, -0.05) is 22.0 Å². The van der Waals surface area contributed by atoms with E-state index in [2.05, 4.69) is 36.9 Å². The number of nitrogens with zero attached hydrogens (tertiary/aromatic N) is 1. The first-order chi connectivity index (χ1) is 11.4. The van der Waals surface area contributed by atoms with Gasteiger partial charge >= 0.3 is 6.03 Å². The quantitative estimate of drug-likeness (QED) is 0.750. The zero-order chi connectivity index (χ0) is 17.3. The maximum absolute atomic E-state index is 13.9. The van der Waals surface area contributed by atoms with Crippen LogP contribution in [0.3, 0.4) is 0 Å². The van der Waals surface area contributed by atoms with Crippen LogP contribution in [0.1, 0.15) is 34.6 Å². The molecule has 2 heterocycles. The number of hydrogen-bond acceptors (Lipinski definition) is 3. The molecule has 0 saturated heterocycles. The van der Waals surface area contributed by atoms with Crippen LogP contribution in [-0.4, -0.2) is 16.9 Å². The van der Waals surface area contributed by atoms with E-state index in [-0.39, 0.29) is 5.91 Å². The van der Waals surface area contributed by atoms with Crippen molar-refractivity contribution in [2.24, 2.45) is 0 Å². The summed E-state index contributed by atoms with van der Waals surface area (Å²) < 4.78 is 14.5. The minimum absolute atomic E-state index is 0.222. The molecule has 6 nitrogen and oxygen atoms in total. The molecule has 1 atom stereocenters. The van der Waals surface area contributed by atoms with Crippen LogP contribution in [0.2, 0.25) is 0 Å². The summed E-state index contributed by atoms with van der Waals surface area (Å²) in [6.07, 6.45) is 1.41. The van der Waals surface area contributed by atoms with Crippen LogP contribution in [0, 0.1) is 5.82 Å². The second-order valence-electron chi connectivity index (χ2n) is 5.40. The van der Waals surface area contributed by atoms with Gasteiger partial charge in [-0.15, -0.1) is 0 Å². The van der Waals surface area contributed by atoms with Crippen LogP contribution in [0.4, 0.5) is 14.9 Å². The Morgan fingerprint density at radius 1 is 1.42 bits per heavy atom. The molecular weight excluding hydrogens is 379 g/mol. The number of nitrogens with one attached hydrogen (secondary N) is 3. The average molecular weight is 393 g/mol.